The van der Waals surface area contributed by atoms with E-state index in [1.807, 2.05) is 21.3 Å². The molecule has 0 saturated carbocycles. The van der Waals surface area contributed by atoms with Crippen molar-refractivity contribution in [3.63, 3.8) is 0 Å². The molecule has 0 aliphatic rings. The molecule has 0 saturated heterocycles. The van der Waals surface area contributed by atoms with E-state index in [0.29, 0.717) is 0 Å². The summed E-state index contributed by atoms with van der Waals surface area (Å²) in [5.74, 6) is 0. The Bertz CT molecular complexity index is 300. The van der Waals surface area contributed by atoms with Gasteiger partial charge in [0.1, 0.15) is 0 Å². The van der Waals surface area contributed by atoms with Gasteiger partial charge in [0.15, 0.2) is 30.1 Å². The van der Waals surface area contributed by atoms with Gasteiger partial charge in [-0.25, -0.2) is 0 Å². The van der Waals surface area contributed by atoms with Crippen molar-refractivity contribution in [2.24, 2.45) is 0 Å². The minimum atomic E-state index is -1.93. The third-order valence-electron chi connectivity index (χ3n) is 4.98. The van der Waals surface area contributed by atoms with Crippen LogP contribution in [0.3, 0.4) is 0 Å². The van der Waals surface area contributed by atoms with Crippen molar-refractivity contribution in [2.45, 2.75) is 52.6 Å². The highest BCUT2D eigenvalue weighted by molar-refractivity contribution is 7.88. The van der Waals surface area contributed by atoms with Gasteiger partial charge in [-0.3, -0.25) is 0 Å². The Labute approximate surface area is 129 Å². The molecule has 0 unspecified atom stereocenters. The van der Waals surface area contributed by atoms with Crippen molar-refractivity contribution >= 4 is 30.1 Å². The molecule has 0 amide bonds. The first-order chi connectivity index (χ1) is 8.99. The third-order valence-corrected chi connectivity index (χ3v) is 67.4. The van der Waals surface area contributed by atoms with Crippen LogP contribution in [-0.2, 0) is 13.3 Å². The van der Waals surface area contributed by atoms with Crippen LogP contribution in [0.15, 0.2) is 11.8 Å². The Kier molecular flexibility index (Phi) is 7.34. The van der Waals surface area contributed by atoms with E-state index in [2.05, 4.69) is 58.0 Å². The first-order valence-corrected chi connectivity index (χ1v) is 21.1. The van der Waals surface area contributed by atoms with Crippen molar-refractivity contribution in [1.82, 2.24) is 0 Å². The molecule has 0 bridgehead atoms. The van der Waals surface area contributed by atoms with Crippen molar-refractivity contribution < 1.29 is 13.3 Å². The van der Waals surface area contributed by atoms with Gasteiger partial charge in [0.25, 0.3) is 0 Å². The van der Waals surface area contributed by atoms with Gasteiger partial charge in [-0.2, -0.15) is 0 Å². The number of hydrogen-bond acceptors (Lipinski definition) is 3. The van der Waals surface area contributed by atoms with Gasteiger partial charge in [0.05, 0.1) is 0 Å². The molecule has 0 aliphatic heterocycles. The van der Waals surface area contributed by atoms with E-state index in [-0.39, 0.29) is 0 Å². The average Bonchev–Trinajstić information content (AvgIpc) is 2.38. The molecule has 0 aromatic heterocycles. The molecule has 0 aromatic carbocycles. The van der Waals surface area contributed by atoms with Gasteiger partial charge >= 0.3 is 0 Å². The van der Waals surface area contributed by atoms with Gasteiger partial charge in [0, 0.05) is 21.3 Å². The van der Waals surface area contributed by atoms with Crippen LogP contribution in [0.4, 0.5) is 0 Å². The second kappa shape index (κ2) is 7.17. The zero-order valence-electron chi connectivity index (χ0n) is 15.1. The van der Waals surface area contributed by atoms with Crippen LogP contribution in [0.1, 0.15) is 13.3 Å². The Morgan fingerprint density at radius 3 is 1.20 bits per heavy atom. The van der Waals surface area contributed by atoms with Crippen LogP contribution in [0.5, 0.6) is 0 Å². The highest BCUT2D eigenvalue weighted by Crippen LogP contribution is 2.39. The van der Waals surface area contributed by atoms with Gasteiger partial charge in [-0.1, -0.05) is 18.7 Å². The molecule has 0 fully saturated rings. The van der Waals surface area contributed by atoms with E-state index in [1.165, 1.54) is 0 Å². The standard InChI is InChI=1S/C13H34O3Si4/c1-11-12-13-20(17(5,6)14-2,18(7,8)15-3)19(9,10)16-4/h12-13H,11H2,1-10H3/b13-12+. The lowest BCUT2D eigenvalue weighted by Gasteiger charge is -2.54. The van der Waals surface area contributed by atoms with Gasteiger partial charge in [-0.05, 0) is 45.7 Å². The van der Waals surface area contributed by atoms with E-state index in [9.17, 15) is 0 Å². The molecule has 0 rings (SSSR count). The maximum Gasteiger partial charge on any atom is 0.178 e. The minimum absolute atomic E-state index is 1.06. The first kappa shape index (κ1) is 20.5. The van der Waals surface area contributed by atoms with Gasteiger partial charge in [0.2, 0.25) is 0 Å². The number of rotatable bonds is 8. The number of hydrogen-bond donors (Lipinski definition) is 0. The minimum Gasteiger partial charge on any atom is -0.423 e. The summed E-state index contributed by atoms with van der Waals surface area (Å²) in [6, 6.07) is 0. The molecule has 3 nitrogen and oxygen atoms in total. The van der Waals surface area contributed by atoms with Gasteiger partial charge in [-0.15, -0.1) is 0 Å². The molecule has 0 atom stereocenters. The second-order valence-electron chi connectivity index (χ2n) is 6.76. The topological polar surface area (TPSA) is 27.7 Å². The molecule has 0 aliphatic carbocycles. The molecule has 0 N–H and O–H groups in total. The average molecular weight is 351 g/mol. The molecule has 20 heavy (non-hydrogen) atoms. The highest BCUT2D eigenvalue weighted by atomic mass is 29.9. The fourth-order valence-corrected chi connectivity index (χ4v) is 75.9. The van der Waals surface area contributed by atoms with Gasteiger partial charge < -0.3 is 13.3 Å². The normalized spacial score (nSPS) is 15.1. The Morgan fingerprint density at radius 2 is 1.00 bits per heavy atom. The molecular weight excluding hydrogens is 316 g/mol. The summed E-state index contributed by atoms with van der Waals surface area (Å²) in [5, 5.41) is 0. The van der Waals surface area contributed by atoms with Crippen molar-refractivity contribution in [2.75, 3.05) is 21.3 Å². The summed E-state index contributed by atoms with van der Waals surface area (Å²) in [5.41, 5.74) is 2.54. The third kappa shape index (κ3) is 3.28. The zero-order valence-corrected chi connectivity index (χ0v) is 19.1. The van der Waals surface area contributed by atoms with Crippen LogP contribution in [0.25, 0.3) is 0 Å². The molecule has 0 spiro atoms. The van der Waals surface area contributed by atoms with E-state index in [4.69, 9.17) is 13.3 Å². The summed E-state index contributed by atoms with van der Waals surface area (Å²) in [4.78, 5) is 0. The molecule has 120 valence electrons. The SMILES string of the molecule is CC/C=C/[Si]([Si](C)(C)OC)([Si](C)(C)OC)[Si](C)(C)OC. The predicted octanol–water partition coefficient (Wildman–Crippen LogP) is 3.73. The Morgan fingerprint density at radius 1 is 0.700 bits per heavy atom. The van der Waals surface area contributed by atoms with Crippen LogP contribution in [0, 0.1) is 0 Å². The molecule has 7 heteroatoms. The maximum atomic E-state index is 6.14. The summed E-state index contributed by atoms with van der Waals surface area (Å²) in [6.45, 7) is 14.4. The van der Waals surface area contributed by atoms with Crippen molar-refractivity contribution in [1.29, 1.82) is 0 Å². The molecule has 0 aromatic rings. The highest BCUT2D eigenvalue weighted by Gasteiger charge is 2.69. The van der Waals surface area contributed by atoms with Crippen LogP contribution in [0.2, 0.25) is 39.3 Å². The molecular formula is C13H34O3Si4. The predicted molar refractivity (Wildman–Crippen MR) is 98.7 cm³/mol. The monoisotopic (exact) mass is 350 g/mol. The van der Waals surface area contributed by atoms with E-state index in [0.717, 1.165) is 6.42 Å². The number of allylic oxidation sites excluding steroid dienone is 1. The van der Waals surface area contributed by atoms with E-state index >= 15 is 0 Å². The largest absolute Gasteiger partial charge is 0.423 e. The fraction of sp³-hybridized carbons (Fsp3) is 0.846. The summed E-state index contributed by atoms with van der Waals surface area (Å²) in [7, 11) is 0.00455. The van der Waals surface area contributed by atoms with Crippen LogP contribution >= 0.6 is 0 Å². The lowest BCUT2D eigenvalue weighted by molar-refractivity contribution is 0.403. The quantitative estimate of drug-likeness (QED) is 0.624. The van der Waals surface area contributed by atoms with Crippen LogP contribution < -0.4 is 0 Å². The fourth-order valence-electron chi connectivity index (χ4n) is 3.55. The van der Waals surface area contributed by atoms with Crippen LogP contribution in [-0.4, -0.2) is 51.5 Å². The summed E-state index contributed by atoms with van der Waals surface area (Å²) >= 11 is 0. The Hall–Kier alpha value is 0.488. The van der Waals surface area contributed by atoms with E-state index < -0.39 is 30.1 Å². The first-order valence-electron chi connectivity index (χ1n) is 7.32. The zero-order chi connectivity index (χ0) is 16.2. The lowest BCUT2D eigenvalue weighted by atomic mass is 10.5. The second-order valence-corrected chi connectivity index (χ2v) is 41.4. The van der Waals surface area contributed by atoms with Crippen molar-refractivity contribution in [3.8, 4) is 0 Å². The Balaban J connectivity index is 6.43. The summed E-state index contributed by atoms with van der Waals surface area (Å²) < 4.78 is 18.4. The maximum absolute atomic E-state index is 6.14. The smallest absolute Gasteiger partial charge is 0.178 e. The van der Waals surface area contributed by atoms with Crippen molar-refractivity contribution in [3.05, 3.63) is 11.8 Å². The lowest BCUT2D eigenvalue weighted by Crippen LogP contribution is -2.86. The molecule has 0 heterocycles. The van der Waals surface area contributed by atoms with E-state index in [1.54, 1.807) is 0 Å². The molecule has 0 radical (unpaired) electrons. The summed E-state index contributed by atoms with van der Waals surface area (Å²) in [6.07, 6.45) is 3.40.